The summed E-state index contributed by atoms with van der Waals surface area (Å²) in [5.41, 5.74) is 0. The Kier molecular flexibility index (Phi) is 9.86. The minimum atomic E-state index is 0. The van der Waals surface area contributed by atoms with Crippen molar-refractivity contribution in [2.75, 3.05) is 31.1 Å². The summed E-state index contributed by atoms with van der Waals surface area (Å²) in [6, 6.07) is 4.89. The number of thiophene rings is 1. The maximum atomic E-state index is 4.65. The molecular weight excluding hydrogens is 407 g/mol. The smallest absolute Gasteiger partial charge is 0.191 e. The Hall–Kier alpha value is -0.500. The number of hydrogen-bond acceptors (Lipinski definition) is 3. The Bertz CT molecular complexity index is 414. The number of hydrogen-bond donors (Lipinski definition) is 2. The summed E-state index contributed by atoms with van der Waals surface area (Å²) in [5, 5.41) is 10.5. The van der Waals surface area contributed by atoms with Crippen molar-refractivity contribution in [1.82, 2.24) is 10.6 Å². The van der Waals surface area contributed by atoms with Gasteiger partial charge in [0.25, 0.3) is 0 Å². The molecule has 2 rings (SSSR count). The lowest BCUT2D eigenvalue weighted by molar-refractivity contribution is 0.462. The number of nitrogens with zero attached hydrogens (tertiary/aromatic N) is 2. The summed E-state index contributed by atoms with van der Waals surface area (Å²) < 4.78 is 0. The number of anilines is 1. The van der Waals surface area contributed by atoms with Crippen LogP contribution in [0.1, 0.15) is 39.5 Å². The molecule has 0 radical (unpaired) electrons. The van der Waals surface area contributed by atoms with Gasteiger partial charge in [-0.05, 0) is 43.7 Å². The summed E-state index contributed by atoms with van der Waals surface area (Å²) in [5.74, 6) is 0.987. The van der Waals surface area contributed by atoms with Crippen LogP contribution in [0.5, 0.6) is 0 Å². The molecule has 1 saturated heterocycles. The van der Waals surface area contributed by atoms with E-state index in [1.807, 2.05) is 11.3 Å². The third kappa shape index (κ3) is 6.32. The van der Waals surface area contributed by atoms with Crippen LogP contribution in [-0.2, 0) is 0 Å². The third-order valence-electron chi connectivity index (χ3n) is 3.78. The van der Waals surface area contributed by atoms with E-state index in [0.29, 0.717) is 6.04 Å². The Balaban J connectivity index is 0.00000242. The van der Waals surface area contributed by atoms with Gasteiger partial charge in [0, 0.05) is 32.2 Å². The first-order chi connectivity index (χ1) is 10.3. The average Bonchev–Trinajstić information content (AvgIpc) is 3.03. The van der Waals surface area contributed by atoms with Crippen molar-refractivity contribution in [3.8, 4) is 0 Å². The first-order valence-corrected chi connectivity index (χ1v) is 9.04. The lowest BCUT2D eigenvalue weighted by Crippen LogP contribution is -2.48. The van der Waals surface area contributed by atoms with Crippen molar-refractivity contribution in [2.24, 2.45) is 4.99 Å². The molecule has 2 heterocycles. The largest absolute Gasteiger partial charge is 0.363 e. The van der Waals surface area contributed by atoms with Gasteiger partial charge in [-0.1, -0.05) is 13.3 Å². The topological polar surface area (TPSA) is 39.7 Å². The molecule has 1 aromatic heterocycles. The molecule has 0 bridgehead atoms. The number of halogens is 1. The summed E-state index contributed by atoms with van der Waals surface area (Å²) in [7, 11) is 0. The number of aliphatic imine (C=N–C) groups is 1. The fourth-order valence-electron chi connectivity index (χ4n) is 2.56. The van der Waals surface area contributed by atoms with Crippen LogP contribution < -0.4 is 15.5 Å². The standard InChI is InChI=1S/C16H28N4S.HI/c1-3-5-10-18-16(17-4-2)19-14-8-11-20(12-9-14)15-7-6-13-21-15;/h6-7,13-14H,3-5,8-12H2,1-2H3,(H2,17,18,19);1H. The molecule has 1 aromatic rings. The van der Waals surface area contributed by atoms with Gasteiger partial charge >= 0.3 is 0 Å². The molecule has 0 spiro atoms. The molecule has 0 aliphatic carbocycles. The molecule has 126 valence electrons. The van der Waals surface area contributed by atoms with Crippen LogP contribution in [0.3, 0.4) is 0 Å². The number of nitrogens with one attached hydrogen (secondary N) is 2. The third-order valence-corrected chi connectivity index (χ3v) is 4.71. The molecule has 0 saturated carbocycles. The van der Waals surface area contributed by atoms with Gasteiger partial charge in [0.05, 0.1) is 5.00 Å². The second-order valence-corrected chi connectivity index (χ2v) is 6.40. The van der Waals surface area contributed by atoms with Gasteiger partial charge in [0.15, 0.2) is 5.96 Å². The van der Waals surface area contributed by atoms with E-state index < -0.39 is 0 Å². The highest BCUT2D eigenvalue weighted by Crippen LogP contribution is 2.24. The molecule has 22 heavy (non-hydrogen) atoms. The van der Waals surface area contributed by atoms with Gasteiger partial charge in [0.2, 0.25) is 0 Å². The van der Waals surface area contributed by atoms with Crippen LogP contribution >= 0.6 is 35.3 Å². The van der Waals surface area contributed by atoms with E-state index in [1.54, 1.807) is 0 Å². The summed E-state index contributed by atoms with van der Waals surface area (Å²) in [4.78, 5) is 7.14. The second-order valence-electron chi connectivity index (χ2n) is 5.47. The minimum Gasteiger partial charge on any atom is -0.363 e. The molecule has 2 N–H and O–H groups in total. The normalized spacial score (nSPS) is 16.3. The van der Waals surface area contributed by atoms with Crippen molar-refractivity contribution in [3.05, 3.63) is 17.5 Å². The first kappa shape index (κ1) is 19.5. The molecular formula is C16H29IN4S. The van der Waals surface area contributed by atoms with Crippen LogP contribution in [0.15, 0.2) is 22.5 Å². The van der Waals surface area contributed by atoms with Crippen molar-refractivity contribution >= 4 is 46.3 Å². The zero-order valence-corrected chi connectivity index (χ0v) is 16.8. The van der Waals surface area contributed by atoms with E-state index in [2.05, 4.69) is 51.9 Å². The molecule has 6 heteroatoms. The van der Waals surface area contributed by atoms with Crippen molar-refractivity contribution in [2.45, 2.75) is 45.6 Å². The van der Waals surface area contributed by atoms with E-state index in [-0.39, 0.29) is 24.0 Å². The van der Waals surface area contributed by atoms with Crippen LogP contribution in [0.2, 0.25) is 0 Å². The fraction of sp³-hybridized carbons (Fsp3) is 0.688. The quantitative estimate of drug-likeness (QED) is 0.309. The van der Waals surface area contributed by atoms with Crippen LogP contribution in [0, 0.1) is 0 Å². The molecule has 1 aliphatic rings. The second kappa shape index (κ2) is 11.1. The van der Waals surface area contributed by atoms with Crippen LogP contribution in [-0.4, -0.2) is 38.2 Å². The minimum absolute atomic E-state index is 0. The first-order valence-electron chi connectivity index (χ1n) is 8.16. The van der Waals surface area contributed by atoms with Gasteiger partial charge in [-0.15, -0.1) is 35.3 Å². The highest BCUT2D eigenvalue weighted by Gasteiger charge is 2.20. The SMILES string of the molecule is CCCCN=C(NCC)NC1CCN(c2cccs2)CC1.I. The number of piperidine rings is 1. The Labute approximate surface area is 155 Å². The van der Waals surface area contributed by atoms with Crippen molar-refractivity contribution in [3.63, 3.8) is 0 Å². The molecule has 4 nitrogen and oxygen atoms in total. The summed E-state index contributed by atoms with van der Waals surface area (Å²) in [6.07, 6.45) is 4.71. The fourth-order valence-corrected chi connectivity index (χ4v) is 3.34. The van der Waals surface area contributed by atoms with Crippen LogP contribution in [0.25, 0.3) is 0 Å². The zero-order chi connectivity index (χ0) is 14.9. The van der Waals surface area contributed by atoms with Gasteiger partial charge in [0.1, 0.15) is 0 Å². The zero-order valence-electron chi connectivity index (χ0n) is 13.7. The molecule has 0 amide bonds. The monoisotopic (exact) mass is 436 g/mol. The Morgan fingerprint density at radius 3 is 2.73 bits per heavy atom. The van der Waals surface area contributed by atoms with E-state index in [9.17, 15) is 0 Å². The molecule has 0 unspecified atom stereocenters. The highest BCUT2D eigenvalue weighted by molar-refractivity contribution is 14.0. The Morgan fingerprint density at radius 2 is 2.14 bits per heavy atom. The molecule has 1 aliphatic heterocycles. The average molecular weight is 436 g/mol. The lowest BCUT2D eigenvalue weighted by atomic mass is 10.1. The maximum Gasteiger partial charge on any atom is 0.191 e. The van der Waals surface area contributed by atoms with E-state index >= 15 is 0 Å². The van der Waals surface area contributed by atoms with Crippen LogP contribution in [0.4, 0.5) is 5.00 Å². The van der Waals surface area contributed by atoms with Crippen molar-refractivity contribution in [1.29, 1.82) is 0 Å². The molecule has 0 atom stereocenters. The Morgan fingerprint density at radius 1 is 1.36 bits per heavy atom. The number of rotatable bonds is 6. The van der Waals surface area contributed by atoms with Gasteiger partial charge < -0.3 is 15.5 Å². The van der Waals surface area contributed by atoms with Crippen molar-refractivity contribution < 1.29 is 0 Å². The summed E-state index contributed by atoms with van der Waals surface area (Å²) >= 11 is 1.84. The summed E-state index contributed by atoms with van der Waals surface area (Å²) in [6.45, 7) is 8.43. The number of guanidine groups is 1. The van der Waals surface area contributed by atoms with Gasteiger partial charge in [-0.25, -0.2) is 0 Å². The predicted octanol–water partition coefficient (Wildman–Crippen LogP) is 3.69. The molecule has 0 aromatic carbocycles. The van der Waals surface area contributed by atoms with Gasteiger partial charge in [-0.3, -0.25) is 4.99 Å². The van der Waals surface area contributed by atoms with Gasteiger partial charge in [-0.2, -0.15) is 0 Å². The maximum absolute atomic E-state index is 4.65. The molecule has 1 fully saturated rings. The van der Waals surface area contributed by atoms with E-state index in [1.165, 1.54) is 24.3 Å². The lowest BCUT2D eigenvalue weighted by Gasteiger charge is -2.33. The number of unbranched alkanes of at least 4 members (excludes halogenated alkanes) is 1. The predicted molar refractivity (Wildman–Crippen MR) is 109 cm³/mol. The van der Waals surface area contributed by atoms with E-state index in [4.69, 9.17) is 0 Å². The van der Waals surface area contributed by atoms with E-state index in [0.717, 1.165) is 38.6 Å². The highest BCUT2D eigenvalue weighted by atomic mass is 127.